The fourth-order valence-corrected chi connectivity index (χ4v) is 4.72. The van der Waals surface area contributed by atoms with Crippen LogP contribution in [-0.4, -0.2) is 46.4 Å². The molecule has 2 N–H and O–H groups in total. The molecule has 11 heteroatoms. The van der Waals surface area contributed by atoms with Crippen LogP contribution in [0.25, 0.3) is 0 Å². The molecule has 1 amide bonds. The van der Waals surface area contributed by atoms with E-state index < -0.39 is 28.5 Å². The highest BCUT2D eigenvalue weighted by Crippen LogP contribution is 2.32. The van der Waals surface area contributed by atoms with E-state index in [4.69, 9.17) is 14.2 Å². The molecule has 0 saturated heterocycles. The van der Waals surface area contributed by atoms with Gasteiger partial charge in [-0.05, 0) is 60.9 Å². The minimum atomic E-state index is -3.89. The van der Waals surface area contributed by atoms with Gasteiger partial charge in [0.15, 0.2) is 18.1 Å². The fourth-order valence-electron chi connectivity index (χ4n) is 3.19. The number of benzene rings is 3. The fraction of sp³-hybridized carbons (Fsp3) is 0.167. The molecular weight excluding hydrogens is 492 g/mol. The second-order valence-electron chi connectivity index (χ2n) is 7.34. The predicted octanol–water partition coefficient (Wildman–Crippen LogP) is 3.78. The van der Waals surface area contributed by atoms with Crippen LogP contribution in [0.3, 0.4) is 0 Å². The zero-order valence-corrected chi connectivity index (χ0v) is 20.3. The molecule has 0 aromatic heterocycles. The van der Waals surface area contributed by atoms with E-state index in [1.54, 1.807) is 17.8 Å². The minimum absolute atomic E-state index is 0.0133. The van der Waals surface area contributed by atoms with Crippen LogP contribution in [0.15, 0.2) is 76.5 Å². The van der Waals surface area contributed by atoms with Gasteiger partial charge in [-0.25, -0.2) is 13.2 Å². The Morgan fingerprint density at radius 3 is 2.43 bits per heavy atom. The van der Waals surface area contributed by atoms with Crippen LogP contribution in [0.5, 0.6) is 11.5 Å². The highest BCUT2D eigenvalue weighted by molar-refractivity contribution is 7.98. The first-order valence-corrected chi connectivity index (χ1v) is 13.2. The van der Waals surface area contributed by atoms with E-state index in [0.29, 0.717) is 30.4 Å². The van der Waals surface area contributed by atoms with Crippen molar-refractivity contribution < 1.29 is 32.2 Å². The molecular formula is C24H22N2O7S2. The number of fused-ring (bicyclic) bond motifs is 1. The lowest BCUT2D eigenvalue weighted by Gasteiger charge is -2.19. The maximum Gasteiger partial charge on any atom is 0.338 e. The molecule has 0 radical (unpaired) electrons. The number of nitrogens with one attached hydrogen (secondary N) is 2. The summed E-state index contributed by atoms with van der Waals surface area (Å²) in [5.74, 6) is -0.335. The van der Waals surface area contributed by atoms with Crippen molar-refractivity contribution in [2.75, 3.05) is 36.1 Å². The monoisotopic (exact) mass is 514 g/mol. The van der Waals surface area contributed by atoms with Crippen molar-refractivity contribution >= 4 is 45.0 Å². The molecule has 0 unspecified atom stereocenters. The molecule has 3 aromatic carbocycles. The Morgan fingerprint density at radius 1 is 0.943 bits per heavy atom. The van der Waals surface area contributed by atoms with Gasteiger partial charge in [0, 0.05) is 22.3 Å². The number of carbonyl (C=O) groups excluding carboxylic acids is 2. The van der Waals surface area contributed by atoms with Crippen LogP contribution in [0.1, 0.15) is 10.4 Å². The van der Waals surface area contributed by atoms with Crippen molar-refractivity contribution in [3.8, 4) is 11.5 Å². The number of sulfonamides is 1. The first kappa shape index (κ1) is 24.4. The number of ether oxygens (including phenoxy) is 3. The largest absolute Gasteiger partial charge is 0.486 e. The molecule has 3 aromatic rings. The summed E-state index contributed by atoms with van der Waals surface area (Å²) >= 11 is 1.54. The Kier molecular flexibility index (Phi) is 7.47. The molecule has 1 aliphatic heterocycles. The third-order valence-corrected chi connectivity index (χ3v) is 6.99. The van der Waals surface area contributed by atoms with E-state index in [2.05, 4.69) is 10.0 Å². The number of hydrogen-bond donors (Lipinski definition) is 2. The Bertz CT molecular complexity index is 1340. The molecule has 0 aliphatic carbocycles. The Balaban J connectivity index is 1.33. The smallest absolute Gasteiger partial charge is 0.338 e. The first-order valence-electron chi connectivity index (χ1n) is 10.5. The van der Waals surface area contributed by atoms with Crippen molar-refractivity contribution in [2.45, 2.75) is 9.79 Å². The maximum atomic E-state index is 12.7. The van der Waals surface area contributed by atoms with Crippen molar-refractivity contribution in [2.24, 2.45) is 0 Å². The van der Waals surface area contributed by atoms with E-state index in [1.807, 2.05) is 24.5 Å². The molecule has 0 bridgehead atoms. The van der Waals surface area contributed by atoms with Gasteiger partial charge >= 0.3 is 5.97 Å². The number of thioether (sulfide) groups is 1. The van der Waals surface area contributed by atoms with Crippen LogP contribution in [0, 0.1) is 0 Å². The van der Waals surface area contributed by atoms with Crippen molar-refractivity contribution in [3.63, 3.8) is 0 Å². The van der Waals surface area contributed by atoms with Gasteiger partial charge in [-0.2, -0.15) is 0 Å². The molecule has 0 fully saturated rings. The second-order valence-corrected chi connectivity index (χ2v) is 9.91. The molecule has 0 atom stereocenters. The third kappa shape index (κ3) is 6.25. The molecule has 1 aliphatic rings. The summed E-state index contributed by atoms with van der Waals surface area (Å²) in [6.45, 7) is 0.290. The van der Waals surface area contributed by atoms with Crippen LogP contribution in [-0.2, 0) is 19.6 Å². The summed E-state index contributed by atoms with van der Waals surface area (Å²) in [4.78, 5) is 25.4. The SMILES string of the molecule is CSc1cccc(NC(=O)COC(=O)c2ccc(NS(=O)(=O)c3ccc4c(c3)OCCO4)cc2)c1. The highest BCUT2D eigenvalue weighted by atomic mass is 32.2. The summed E-state index contributed by atoms with van der Waals surface area (Å²) in [5, 5.41) is 2.67. The minimum Gasteiger partial charge on any atom is -0.486 e. The molecule has 0 spiro atoms. The topological polar surface area (TPSA) is 120 Å². The zero-order valence-electron chi connectivity index (χ0n) is 18.6. The number of anilines is 2. The van der Waals surface area contributed by atoms with Crippen LogP contribution >= 0.6 is 11.8 Å². The van der Waals surface area contributed by atoms with E-state index in [0.717, 1.165) is 4.90 Å². The van der Waals surface area contributed by atoms with Crippen molar-refractivity contribution in [3.05, 3.63) is 72.3 Å². The van der Waals surface area contributed by atoms with E-state index in [9.17, 15) is 18.0 Å². The molecule has 9 nitrogen and oxygen atoms in total. The van der Waals surface area contributed by atoms with Gasteiger partial charge in [-0.1, -0.05) is 6.07 Å². The van der Waals surface area contributed by atoms with Gasteiger partial charge < -0.3 is 19.5 Å². The van der Waals surface area contributed by atoms with Crippen molar-refractivity contribution in [1.82, 2.24) is 0 Å². The normalized spacial score (nSPS) is 12.5. The number of rotatable bonds is 8. The van der Waals surface area contributed by atoms with Gasteiger partial charge in [0.2, 0.25) is 0 Å². The van der Waals surface area contributed by atoms with Crippen LogP contribution < -0.4 is 19.5 Å². The first-order chi connectivity index (χ1) is 16.8. The van der Waals surface area contributed by atoms with Gasteiger partial charge in [0.25, 0.3) is 15.9 Å². The molecule has 0 saturated carbocycles. The lowest BCUT2D eigenvalue weighted by atomic mass is 10.2. The van der Waals surface area contributed by atoms with Crippen LogP contribution in [0.4, 0.5) is 11.4 Å². The second kappa shape index (κ2) is 10.7. The summed E-state index contributed by atoms with van der Waals surface area (Å²) in [7, 11) is -3.89. The third-order valence-electron chi connectivity index (χ3n) is 4.88. The highest BCUT2D eigenvalue weighted by Gasteiger charge is 2.20. The standard InChI is InChI=1S/C24H22N2O7S2/c1-34-19-4-2-3-18(13-19)25-23(27)15-33-24(28)16-5-7-17(8-6-16)26-35(29,30)20-9-10-21-22(14-20)32-12-11-31-21/h2-10,13-14,26H,11-12,15H2,1H3,(H,25,27). The molecule has 35 heavy (non-hydrogen) atoms. The average molecular weight is 515 g/mol. The lowest BCUT2D eigenvalue weighted by molar-refractivity contribution is -0.119. The lowest BCUT2D eigenvalue weighted by Crippen LogP contribution is -2.21. The van der Waals surface area contributed by atoms with Gasteiger partial charge in [-0.3, -0.25) is 9.52 Å². The Labute approximate surface area is 206 Å². The van der Waals surface area contributed by atoms with Gasteiger partial charge in [-0.15, -0.1) is 11.8 Å². The number of hydrogen-bond acceptors (Lipinski definition) is 8. The Hall–Kier alpha value is -3.70. The quantitative estimate of drug-likeness (QED) is 0.344. The van der Waals surface area contributed by atoms with E-state index in [-0.39, 0.29) is 16.1 Å². The van der Waals surface area contributed by atoms with Crippen LogP contribution in [0.2, 0.25) is 0 Å². The zero-order chi connectivity index (χ0) is 24.8. The summed E-state index contributed by atoms with van der Waals surface area (Å²) in [6, 6.07) is 17.3. The number of esters is 1. The maximum absolute atomic E-state index is 12.7. The van der Waals surface area contributed by atoms with Gasteiger partial charge in [0.05, 0.1) is 10.5 Å². The van der Waals surface area contributed by atoms with Crippen molar-refractivity contribution in [1.29, 1.82) is 0 Å². The predicted molar refractivity (Wildman–Crippen MR) is 132 cm³/mol. The van der Waals surface area contributed by atoms with E-state index >= 15 is 0 Å². The summed E-state index contributed by atoms with van der Waals surface area (Å²) < 4.78 is 43.8. The molecule has 4 rings (SSSR count). The van der Waals surface area contributed by atoms with Gasteiger partial charge in [0.1, 0.15) is 13.2 Å². The Morgan fingerprint density at radius 2 is 1.69 bits per heavy atom. The molecule has 1 heterocycles. The number of amides is 1. The summed E-state index contributed by atoms with van der Waals surface area (Å²) in [5.41, 5.74) is 1.03. The van der Waals surface area contributed by atoms with E-state index in [1.165, 1.54) is 42.5 Å². The molecule has 182 valence electrons. The number of carbonyl (C=O) groups is 2. The average Bonchev–Trinajstić information content (AvgIpc) is 2.87. The summed E-state index contributed by atoms with van der Waals surface area (Å²) in [6.07, 6.45) is 1.93.